The Hall–Kier alpha value is -1.88. The lowest BCUT2D eigenvalue weighted by Crippen LogP contribution is -2.19. The Morgan fingerprint density at radius 1 is 1.35 bits per heavy atom. The highest BCUT2D eigenvalue weighted by Crippen LogP contribution is 2.17. The van der Waals surface area contributed by atoms with E-state index in [9.17, 15) is 0 Å². The lowest BCUT2D eigenvalue weighted by Gasteiger charge is -2.17. The molecule has 2 heterocycles. The standard InChI is InChI=1S/C11H12ClN5/c1-17(7-8-4-2-3-5-14-8)10-6-9(12)15-11(13)16-10/h2-6H,7H2,1H3,(H2,13,15,16). The first kappa shape index (κ1) is 11.6. The van der Waals surface area contributed by atoms with Gasteiger partial charge < -0.3 is 10.6 Å². The average molecular weight is 250 g/mol. The maximum absolute atomic E-state index is 5.82. The first-order chi connectivity index (χ1) is 8.15. The van der Waals surface area contributed by atoms with Gasteiger partial charge >= 0.3 is 0 Å². The van der Waals surface area contributed by atoms with Gasteiger partial charge in [-0.15, -0.1) is 0 Å². The van der Waals surface area contributed by atoms with Crippen molar-refractivity contribution in [3.8, 4) is 0 Å². The SMILES string of the molecule is CN(Cc1ccccn1)c1cc(Cl)nc(N)n1. The molecule has 0 aromatic carbocycles. The number of hydrogen-bond acceptors (Lipinski definition) is 5. The van der Waals surface area contributed by atoms with Crippen molar-refractivity contribution in [1.29, 1.82) is 0 Å². The van der Waals surface area contributed by atoms with Gasteiger partial charge in [0.05, 0.1) is 12.2 Å². The zero-order chi connectivity index (χ0) is 12.3. The number of nitrogen functional groups attached to an aromatic ring is 1. The minimum Gasteiger partial charge on any atom is -0.368 e. The number of hydrogen-bond donors (Lipinski definition) is 1. The monoisotopic (exact) mass is 249 g/mol. The Morgan fingerprint density at radius 3 is 2.82 bits per heavy atom. The van der Waals surface area contributed by atoms with Gasteiger partial charge in [-0.05, 0) is 12.1 Å². The summed E-state index contributed by atoms with van der Waals surface area (Å²) >= 11 is 5.82. The van der Waals surface area contributed by atoms with Crippen molar-refractivity contribution in [2.75, 3.05) is 17.7 Å². The highest BCUT2D eigenvalue weighted by atomic mass is 35.5. The zero-order valence-corrected chi connectivity index (χ0v) is 10.1. The van der Waals surface area contributed by atoms with Gasteiger partial charge in [0.1, 0.15) is 11.0 Å². The Labute approximate surface area is 104 Å². The molecule has 2 N–H and O–H groups in total. The molecule has 0 aliphatic carbocycles. The predicted octanol–water partition coefficient (Wildman–Crippen LogP) is 1.74. The van der Waals surface area contributed by atoms with E-state index in [-0.39, 0.29) is 5.95 Å². The quantitative estimate of drug-likeness (QED) is 0.840. The molecule has 88 valence electrons. The van der Waals surface area contributed by atoms with Gasteiger partial charge in [0.25, 0.3) is 0 Å². The van der Waals surface area contributed by atoms with Crippen LogP contribution in [0.1, 0.15) is 5.69 Å². The first-order valence-corrected chi connectivity index (χ1v) is 5.44. The van der Waals surface area contributed by atoms with E-state index in [0.29, 0.717) is 17.5 Å². The fraction of sp³-hybridized carbons (Fsp3) is 0.182. The van der Waals surface area contributed by atoms with E-state index < -0.39 is 0 Å². The van der Waals surface area contributed by atoms with Crippen LogP contribution in [0.2, 0.25) is 5.15 Å². The summed E-state index contributed by atoms with van der Waals surface area (Å²) in [5.41, 5.74) is 6.49. The molecule has 0 unspecified atom stereocenters. The molecule has 0 bridgehead atoms. The van der Waals surface area contributed by atoms with Crippen LogP contribution in [-0.2, 0) is 6.54 Å². The van der Waals surface area contributed by atoms with Crippen LogP contribution < -0.4 is 10.6 Å². The lowest BCUT2D eigenvalue weighted by atomic mass is 10.3. The van der Waals surface area contributed by atoms with Crippen LogP contribution in [0, 0.1) is 0 Å². The predicted molar refractivity (Wildman–Crippen MR) is 67.8 cm³/mol. The minimum atomic E-state index is 0.167. The summed E-state index contributed by atoms with van der Waals surface area (Å²) in [6, 6.07) is 7.43. The number of anilines is 2. The van der Waals surface area contributed by atoms with Gasteiger partial charge in [-0.1, -0.05) is 17.7 Å². The molecule has 17 heavy (non-hydrogen) atoms. The van der Waals surface area contributed by atoms with Gasteiger partial charge in [0.2, 0.25) is 5.95 Å². The van der Waals surface area contributed by atoms with Gasteiger partial charge in [-0.25, -0.2) is 4.98 Å². The van der Waals surface area contributed by atoms with Gasteiger partial charge in [-0.2, -0.15) is 4.98 Å². The number of halogens is 1. The average Bonchev–Trinajstić information content (AvgIpc) is 2.29. The molecule has 0 fully saturated rings. The number of nitrogens with two attached hydrogens (primary N) is 1. The third-order valence-electron chi connectivity index (χ3n) is 2.22. The summed E-state index contributed by atoms with van der Waals surface area (Å²) in [6.07, 6.45) is 1.75. The van der Waals surface area contributed by atoms with Crippen molar-refractivity contribution in [2.24, 2.45) is 0 Å². The van der Waals surface area contributed by atoms with Crippen molar-refractivity contribution < 1.29 is 0 Å². The van der Waals surface area contributed by atoms with E-state index in [1.165, 1.54) is 0 Å². The first-order valence-electron chi connectivity index (χ1n) is 5.06. The van der Waals surface area contributed by atoms with Crippen LogP contribution >= 0.6 is 11.6 Å². The molecule has 2 aromatic rings. The normalized spacial score (nSPS) is 10.2. The number of nitrogens with zero attached hydrogens (tertiary/aromatic N) is 4. The summed E-state index contributed by atoms with van der Waals surface area (Å²) in [7, 11) is 1.90. The van der Waals surface area contributed by atoms with Crippen molar-refractivity contribution in [3.63, 3.8) is 0 Å². The Kier molecular flexibility index (Phi) is 3.39. The summed E-state index contributed by atoms with van der Waals surface area (Å²) in [5.74, 6) is 0.841. The fourth-order valence-electron chi connectivity index (χ4n) is 1.43. The summed E-state index contributed by atoms with van der Waals surface area (Å²) < 4.78 is 0. The second kappa shape index (κ2) is 4.97. The second-order valence-electron chi connectivity index (χ2n) is 3.58. The molecule has 2 rings (SSSR count). The molecule has 0 spiro atoms. The van der Waals surface area contributed by atoms with E-state index in [0.717, 1.165) is 5.69 Å². The maximum atomic E-state index is 5.82. The minimum absolute atomic E-state index is 0.167. The third-order valence-corrected chi connectivity index (χ3v) is 2.41. The number of rotatable bonds is 3. The van der Waals surface area contributed by atoms with Crippen LogP contribution in [-0.4, -0.2) is 22.0 Å². The van der Waals surface area contributed by atoms with Gasteiger partial charge in [-0.3, -0.25) is 4.98 Å². The fourth-order valence-corrected chi connectivity index (χ4v) is 1.62. The largest absolute Gasteiger partial charge is 0.368 e. The van der Waals surface area contributed by atoms with Crippen LogP contribution in [0.3, 0.4) is 0 Å². The zero-order valence-electron chi connectivity index (χ0n) is 9.34. The molecule has 0 amide bonds. The Bertz CT molecular complexity index is 482. The molecule has 6 heteroatoms. The van der Waals surface area contributed by atoms with Crippen molar-refractivity contribution in [1.82, 2.24) is 15.0 Å². The van der Waals surface area contributed by atoms with Crippen LogP contribution in [0.25, 0.3) is 0 Å². The van der Waals surface area contributed by atoms with Crippen LogP contribution in [0.15, 0.2) is 30.5 Å². The van der Waals surface area contributed by atoms with E-state index >= 15 is 0 Å². The third kappa shape index (κ3) is 3.04. The lowest BCUT2D eigenvalue weighted by molar-refractivity contribution is 0.863. The molecule has 0 radical (unpaired) electrons. The van der Waals surface area contributed by atoms with Crippen molar-refractivity contribution in [3.05, 3.63) is 41.3 Å². The molecule has 0 saturated carbocycles. The second-order valence-corrected chi connectivity index (χ2v) is 3.97. The van der Waals surface area contributed by atoms with Crippen LogP contribution in [0.5, 0.6) is 0 Å². The molecule has 0 atom stereocenters. The highest BCUT2D eigenvalue weighted by molar-refractivity contribution is 6.29. The summed E-state index contributed by atoms with van der Waals surface area (Å²) in [6.45, 7) is 0.633. The molecule has 5 nitrogen and oxygen atoms in total. The molecule has 0 aliphatic rings. The number of aromatic nitrogens is 3. The summed E-state index contributed by atoms with van der Waals surface area (Å²) in [5, 5.41) is 0.334. The Balaban J connectivity index is 2.17. The van der Waals surface area contributed by atoms with E-state index in [1.807, 2.05) is 30.1 Å². The molecule has 0 aliphatic heterocycles. The molecular weight excluding hydrogens is 238 g/mol. The van der Waals surface area contributed by atoms with Crippen molar-refractivity contribution >= 4 is 23.4 Å². The molecule has 2 aromatic heterocycles. The topological polar surface area (TPSA) is 67.9 Å². The van der Waals surface area contributed by atoms with E-state index in [2.05, 4.69) is 15.0 Å². The summed E-state index contributed by atoms with van der Waals surface area (Å²) in [4.78, 5) is 14.1. The van der Waals surface area contributed by atoms with E-state index in [4.69, 9.17) is 17.3 Å². The van der Waals surface area contributed by atoms with E-state index in [1.54, 1.807) is 12.3 Å². The van der Waals surface area contributed by atoms with Gasteiger partial charge in [0, 0.05) is 19.3 Å². The van der Waals surface area contributed by atoms with Gasteiger partial charge in [0.15, 0.2) is 0 Å². The highest BCUT2D eigenvalue weighted by Gasteiger charge is 2.07. The number of pyridine rings is 1. The van der Waals surface area contributed by atoms with Crippen molar-refractivity contribution in [2.45, 2.75) is 6.54 Å². The Morgan fingerprint density at radius 2 is 2.18 bits per heavy atom. The molecular formula is C11H12ClN5. The van der Waals surface area contributed by atoms with Crippen LogP contribution in [0.4, 0.5) is 11.8 Å². The maximum Gasteiger partial charge on any atom is 0.223 e. The smallest absolute Gasteiger partial charge is 0.223 e. The molecule has 0 saturated heterocycles.